The molecular weight excluding hydrogens is 326 g/mol. The van der Waals surface area contributed by atoms with E-state index in [1.165, 1.54) is 17.5 Å². The number of aromatic nitrogens is 2. The lowest BCUT2D eigenvalue weighted by molar-refractivity contribution is 0.0657. The molecule has 0 unspecified atom stereocenters. The van der Waals surface area contributed by atoms with Gasteiger partial charge in [-0.3, -0.25) is 9.59 Å². The Labute approximate surface area is 154 Å². The van der Waals surface area contributed by atoms with Crippen molar-refractivity contribution in [2.45, 2.75) is 71.0 Å². The molecule has 5 nitrogen and oxygen atoms in total. The van der Waals surface area contributed by atoms with Gasteiger partial charge in [-0.15, -0.1) is 0 Å². The predicted octanol–water partition coefficient (Wildman–Crippen LogP) is 3.60. The third kappa shape index (κ3) is 3.15. The summed E-state index contributed by atoms with van der Waals surface area (Å²) in [6.07, 6.45) is 6.75. The zero-order valence-electron chi connectivity index (χ0n) is 15.6. The van der Waals surface area contributed by atoms with E-state index < -0.39 is 0 Å². The first-order valence-corrected chi connectivity index (χ1v) is 9.88. The highest BCUT2D eigenvalue weighted by atomic mass is 16.2. The molecule has 0 N–H and O–H groups in total. The summed E-state index contributed by atoms with van der Waals surface area (Å²) in [5.41, 5.74) is 0.337. The summed E-state index contributed by atoms with van der Waals surface area (Å²) in [7, 11) is 0. The Morgan fingerprint density at radius 1 is 1.12 bits per heavy atom. The average Bonchev–Trinajstić information content (AvgIpc) is 3.31. The molecule has 2 aliphatic rings. The van der Waals surface area contributed by atoms with Crippen molar-refractivity contribution in [1.29, 1.82) is 0 Å². The number of carbonyl (C=O) groups excluding carboxylic acids is 1. The van der Waals surface area contributed by atoms with Gasteiger partial charge in [-0.05, 0) is 37.7 Å². The molecular formula is C21H27N3O2. The van der Waals surface area contributed by atoms with Gasteiger partial charge in [0.15, 0.2) is 5.69 Å². The number of amides is 1. The van der Waals surface area contributed by atoms with Crippen molar-refractivity contribution in [3.05, 3.63) is 40.3 Å². The zero-order chi connectivity index (χ0) is 18.3. The maximum atomic E-state index is 13.5. The Balaban J connectivity index is 1.82. The van der Waals surface area contributed by atoms with Crippen LogP contribution in [0.1, 0.15) is 62.9 Å². The van der Waals surface area contributed by atoms with E-state index in [2.05, 4.69) is 23.8 Å². The molecule has 1 amide bonds. The second kappa shape index (κ2) is 6.86. The first-order valence-electron chi connectivity index (χ1n) is 9.88. The first-order chi connectivity index (χ1) is 12.6. The summed E-state index contributed by atoms with van der Waals surface area (Å²) in [6, 6.07) is 8.09. The third-order valence-electron chi connectivity index (χ3n) is 5.50. The van der Waals surface area contributed by atoms with Crippen molar-refractivity contribution in [3.63, 3.8) is 0 Å². The Hall–Kier alpha value is -2.17. The standard InChI is InChI=1S/C21H27N3O2/c1-14(2)13-23-20(25)18-10-6-5-9-17(18)19(22-23)21(26)24(16-11-12-16)15-7-3-4-8-15/h5-6,9-10,14-16H,3-4,7-8,11-13H2,1-2H3. The molecule has 0 spiro atoms. The fourth-order valence-electron chi connectivity index (χ4n) is 4.15. The predicted molar refractivity (Wildman–Crippen MR) is 102 cm³/mol. The Morgan fingerprint density at radius 3 is 2.35 bits per heavy atom. The highest BCUT2D eigenvalue weighted by Gasteiger charge is 2.39. The van der Waals surface area contributed by atoms with Crippen LogP contribution in [0.15, 0.2) is 29.1 Å². The highest BCUT2D eigenvalue weighted by Crippen LogP contribution is 2.36. The molecule has 138 valence electrons. The van der Waals surface area contributed by atoms with Gasteiger partial charge in [0, 0.05) is 24.0 Å². The van der Waals surface area contributed by atoms with E-state index in [0.717, 1.165) is 25.7 Å². The minimum Gasteiger partial charge on any atom is -0.331 e. The molecule has 1 aromatic carbocycles. The quantitative estimate of drug-likeness (QED) is 0.825. The second-order valence-corrected chi connectivity index (χ2v) is 8.16. The van der Waals surface area contributed by atoms with Crippen molar-refractivity contribution >= 4 is 16.7 Å². The van der Waals surface area contributed by atoms with E-state index in [-0.39, 0.29) is 11.5 Å². The molecule has 2 fully saturated rings. The van der Waals surface area contributed by atoms with Gasteiger partial charge >= 0.3 is 0 Å². The smallest absolute Gasteiger partial charge is 0.275 e. The molecule has 0 aliphatic heterocycles. The fraction of sp³-hybridized carbons (Fsp3) is 0.571. The Morgan fingerprint density at radius 2 is 1.73 bits per heavy atom. The maximum absolute atomic E-state index is 13.5. The molecule has 0 radical (unpaired) electrons. The molecule has 1 aromatic heterocycles. The van der Waals surface area contributed by atoms with Crippen molar-refractivity contribution in [2.75, 3.05) is 0 Å². The summed E-state index contributed by atoms with van der Waals surface area (Å²) < 4.78 is 1.49. The van der Waals surface area contributed by atoms with Crippen LogP contribution in [0.25, 0.3) is 10.8 Å². The van der Waals surface area contributed by atoms with Gasteiger partial charge in [0.1, 0.15) is 0 Å². The normalized spacial score (nSPS) is 18.0. The van der Waals surface area contributed by atoms with Gasteiger partial charge in [-0.2, -0.15) is 5.10 Å². The number of hydrogen-bond donors (Lipinski definition) is 0. The SMILES string of the molecule is CC(C)Cn1nc(C(=O)N(C2CCCC2)C2CC2)c2ccccc2c1=O. The highest BCUT2D eigenvalue weighted by molar-refractivity contribution is 6.05. The van der Waals surface area contributed by atoms with Crippen LogP contribution in [0.5, 0.6) is 0 Å². The van der Waals surface area contributed by atoms with Crippen molar-refractivity contribution in [2.24, 2.45) is 5.92 Å². The number of fused-ring (bicyclic) bond motifs is 1. The number of nitrogens with zero attached hydrogens (tertiary/aromatic N) is 3. The van der Waals surface area contributed by atoms with Crippen LogP contribution in [-0.2, 0) is 6.54 Å². The van der Waals surface area contributed by atoms with E-state index in [1.54, 1.807) is 0 Å². The minimum absolute atomic E-state index is 0.00751. The number of rotatable bonds is 5. The van der Waals surface area contributed by atoms with E-state index in [9.17, 15) is 9.59 Å². The summed E-state index contributed by atoms with van der Waals surface area (Å²) in [5, 5.41) is 5.83. The van der Waals surface area contributed by atoms with Crippen LogP contribution in [0, 0.1) is 5.92 Å². The molecule has 0 bridgehead atoms. The van der Waals surface area contributed by atoms with Crippen molar-refractivity contribution in [3.8, 4) is 0 Å². The van der Waals surface area contributed by atoms with Gasteiger partial charge in [-0.1, -0.05) is 44.9 Å². The minimum atomic E-state index is -0.107. The molecule has 0 saturated heterocycles. The van der Waals surface area contributed by atoms with Gasteiger partial charge in [0.05, 0.1) is 5.39 Å². The van der Waals surface area contributed by atoms with E-state index in [4.69, 9.17) is 0 Å². The number of carbonyl (C=O) groups is 1. The molecule has 0 atom stereocenters. The molecule has 26 heavy (non-hydrogen) atoms. The van der Waals surface area contributed by atoms with Gasteiger partial charge < -0.3 is 4.90 Å². The maximum Gasteiger partial charge on any atom is 0.275 e. The molecule has 5 heteroatoms. The topological polar surface area (TPSA) is 55.2 Å². The average molecular weight is 353 g/mol. The molecule has 2 aromatic rings. The van der Waals surface area contributed by atoms with Gasteiger partial charge in [0.2, 0.25) is 0 Å². The Kier molecular flexibility index (Phi) is 4.55. The van der Waals surface area contributed by atoms with Crippen LogP contribution in [0.4, 0.5) is 0 Å². The van der Waals surface area contributed by atoms with Crippen LogP contribution >= 0.6 is 0 Å². The number of hydrogen-bond acceptors (Lipinski definition) is 3. The number of benzene rings is 1. The molecule has 2 saturated carbocycles. The molecule has 2 aliphatic carbocycles. The van der Waals surface area contributed by atoms with Crippen molar-refractivity contribution in [1.82, 2.24) is 14.7 Å². The van der Waals surface area contributed by atoms with Crippen molar-refractivity contribution < 1.29 is 4.79 Å². The third-order valence-corrected chi connectivity index (χ3v) is 5.50. The van der Waals surface area contributed by atoms with Crippen LogP contribution in [-0.4, -0.2) is 32.7 Å². The van der Waals surface area contributed by atoms with Crippen LogP contribution in [0.3, 0.4) is 0 Å². The lowest BCUT2D eigenvalue weighted by Gasteiger charge is -2.29. The monoisotopic (exact) mass is 353 g/mol. The van der Waals surface area contributed by atoms with E-state index >= 15 is 0 Å². The molecule has 1 heterocycles. The summed E-state index contributed by atoms with van der Waals surface area (Å²) in [4.78, 5) is 28.4. The Bertz CT molecular complexity index is 876. The summed E-state index contributed by atoms with van der Waals surface area (Å²) in [5.74, 6) is 0.298. The summed E-state index contributed by atoms with van der Waals surface area (Å²) in [6.45, 7) is 4.64. The van der Waals surface area contributed by atoms with Crippen LogP contribution < -0.4 is 5.56 Å². The molecule has 4 rings (SSSR count). The van der Waals surface area contributed by atoms with Gasteiger partial charge in [0.25, 0.3) is 11.5 Å². The zero-order valence-corrected chi connectivity index (χ0v) is 15.6. The largest absolute Gasteiger partial charge is 0.331 e. The fourth-order valence-corrected chi connectivity index (χ4v) is 4.15. The lowest BCUT2D eigenvalue weighted by Crippen LogP contribution is -2.42. The van der Waals surface area contributed by atoms with E-state index in [1.807, 2.05) is 24.3 Å². The summed E-state index contributed by atoms with van der Waals surface area (Å²) >= 11 is 0. The van der Waals surface area contributed by atoms with Crippen LogP contribution in [0.2, 0.25) is 0 Å². The second-order valence-electron chi connectivity index (χ2n) is 8.16. The lowest BCUT2D eigenvalue weighted by atomic mass is 10.1. The van der Waals surface area contributed by atoms with Gasteiger partial charge in [-0.25, -0.2) is 4.68 Å². The van der Waals surface area contributed by atoms with E-state index in [0.29, 0.717) is 41.0 Å². The first kappa shape index (κ1) is 17.3.